The Morgan fingerprint density at radius 3 is 2.75 bits per heavy atom. The van der Waals surface area contributed by atoms with E-state index in [0.29, 0.717) is 18.9 Å². The maximum absolute atomic E-state index is 12.1. The number of rotatable bonds is 4. The Balaban J connectivity index is 2.13. The third kappa shape index (κ3) is 3.32. The summed E-state index contributed by atoms with van der Waals surface area (Å²) in [5.41, 5.74) is 1.43. The summed E-state index contributed by atoms with van der Waals surface area (Å²) in [7, 11) is 0. The molecule has 4 nitrogen and oxygen atoms in total. The highest BCUT2D eigenvalue weighted by molar-refractivity contribution is 7.09. The van der Waals surface area contributed by atoms with Crippen molar-refractivity contribution < 1.29 is 9.90 Å². The second kappa shape index (κ2) is 5.72. The molecule has 0 aromatic carbocycles. The molecule has 5 heteroatoms. The average molecular weight is 297 g/mol. The van der Waals surface area contributed by atoms with E-state index >= 15 is 0 Å². The third-order valence-corrected chi connectivity index (χ3v) is 5.28. The summed E-state index contributed by atoms with van der Waals surface area (Å²) in [5.74, 6) is -0.171. The number of fused-ring (bicyclic) bond motifs is 1. The van der Waals surface area contributed by atoms with E-state index in [-0.39, 0.29) is 16.7 Å². The SMILES string of the molecule is CC(C)(C)C1CCc2c(sc(=O)n2CCCC(=O)O)C1. The Bertz CT molecular complexity index is 550. The molecule has 0 aliphatic heterocycles. The standard InChI is InChI=1S/C15H23NO3S/c1-15(2,3)10-6-7-11-12(9-10)20-14(19)16(11)8-4-5-13(17)18/h10H,4-9H2,1-3H3,(H,17,18). The van der Waals surface area contributed by atoms with Gasteiger partial charge < -0.3 is 9.67 Å². The molecule has 112 valence electrons. The van der Waals surface area contributed by atoms with Crippen LogP contribution in [0.5, 0.6) is 0 Å². The summed E-state index contributed by atoms with van der Waals surface area (Å²) in [6.07, 6.45) is 3.71. The van der Waals surface area contributed by atoms with Gasteiger partial charge in [-0.1, -0.05) is 32.1 Å². The number of aromatic nitrogens is 1. The Labute approximate surface area is 123 Å². The van der Waals surface area contributed by atoms with E-state index in [4.69, 9.17) is 5.11 Å². The lowest BCUT2D eigenvalue weighted by Crippen LogP contribution is -2.27. The molecule has 0 amide bonds. The summed E-state index contributed by atoms with van der Waals surface area (Å²) < 4.78 is 1.81. The fourth-order valence-electron chi connectivity index (χ4n) is 2.90. The van der Waals surface area contributed by atoms with E-state index in [1.165, 1.54) is 16.2 Å². The first-order valence-corrected chi connectivity index (χ1v) is 8.04. The second-order valence-electron chi connectivity index (χ2n) is 6.69. The number of nitrogens with zero attached hydrogens (tertiary/aromatic N) is 1. The molecule has 1 aromatic rings. The fourth-order valence-corrected chi connectivity index (χ4v) is 4.04. The predicted molar refractivity (Wildman–Crippen MR) is 80.4 cm³/mol. The van der Waals surface area contributed by atoms with Crippen molar-refractivity contribution in [2.24, 2.45) is 11.3 Å². The first kappa shape index (κ1) is 15.3. The van der Waals surface area contributed by atoms with Crippen LogP contribution in [0.25, 0.3) is 0 Å². The molecular weight excluding hydrogens is 274 g/mol. The summed E-state index contributed by atoms with van der Waals surface area (Å²) in [6, 6.07) is 0. The average Bonchev–Trinajstić information content (AvgIpc) is 2.63. The van der Waals surface area contributed by atoms with Crippen molar-refractivity contribution in [1.29, 1.82) is 0 Å². The van der Waals surface area contributed by atoms with Gasteiger partial charge in [0.15, 0.2) is 0 Å². The number of hydrogen-bond acceptors (Lipinski definition) is 3. The largest absolute Gasteiger partial charge is 0.481 e. The van der Waals surface area contributed by atoms with Crippen LogP contribution in [-0.2, 0) is 24.2 Å². The van der Waals surface area contributed by atoms with Crippen molar-refractivity contribution in [3.8, 4) is 0 Å². The molecule has 0 spiro atoms. The van der Waals surface area contributed by atoms with Crippen molar-refractivity contribution in [2.75, 3.05) is 0 Å². The van der Waals surface area contributed by atoms with Gasteiger partial charge in [-0.2, -0.15) is 0 Å². The molecule has 1 aliphatic rings. The first-order chi connectivity index (χ1) is 9.29. The molecule has 20 heavy (non-hydrogen) atoms. The highest BCUT2D eigenvalue weighted by Gasteiger charge is 2.31. The molecule has 2 rings (SSSR count). The Hall–Kier alpha value is -1.10. The summed E-state index contributed by atoms with van der Waals surface area (Å²) >= 11 is 1.36. The topological polar surface area (TPSA) is 59.3 Å². The molecule has 1 aliphatic carbocycles. The quantitative estimate of drug-likeness (QED) is 0.929. The first-order valence-electron chi connectivity index (χ1n) is 7.22. The normalized spacial score (nSPS) is 18.9. The molecule has 1 unspecified atom stereocenters. The number of aliphatic carboxylic acids is 1. The molecule has 1 aromatic heterocycles. The van der Waals surface area contributed by atoms with Gasteiger partial charge >= 0.3 is 10.8 Å². The third-order valence-electron chi connectivity index (χ3n) is 4.24. The van der Waals surface area contributed by atoms with Gasteiger partial charge in [-0.05, 0) is 37.0 Å². The van der Waals surface area contributed by atoms with Gasteiger partial charge in [0.05, 0.1) is 0 Å². The van der Waals surface area contributed by atoms with Gasteiger partial charge in [-0.25, -0.2) is 0 Å². The minimum absolute atomic E-state index is 0.0787. The predicted octanol–water partition coefficient (Wildman–Crippen LogP) is 2.93. The zero-order valence-electron chi connectivity index (χ0n) is 12.4. The van der Waals surface area contributed by atoms with Crippen LogP contribution in [0.1, 0.15) is 50.6 Å². The van der Waals surface area contributed by atoms with E-state index in [2.05, 4.69) is 20.8 Å². The van der Waals surface area contributed by atoms with Crippen LogP contribution in [0.2, 0.25) is 0 Å². The molecule has 1 atom stereocenters. The van der Waals surface area contributed by atoms with Crippen LogP contribution >= 0.6 is 11.3 Å². The summed E-state index contributed by atoms with van der Waals surface area (Å²) in [5, 5.41) is 8.69. The van der Waals surface area contributed by atoms with Crippen LogP contribution in [0.4, 0.5) is 0 Å². The Morgan fingerprint density at radius 1 is 1.45 bits per heavy atom. The molecule has 0 saturated heterocycles. The number of thiazole rings is 1. The minimum atomic E-state index is -0.796. The van der Waals surface area contributed by atoms with Gasteiger partial charge in [0.25, 0.3) is 0 Å². The highest BCUT2D eigenvalue weighted by Crippen LogP contribution is 2.38. The van der Waals surface area contributed by atoms with Gasteiger partial charge in [-0.15, -0.1) is 0 Å². The van der Waals surface area contributed by atoms with E-state index in [1.807, 2.05) is 4.57 Å². The molecule has 0 bridgehead atoms. The van der Waals surface area contributed by atoms with Gasteiger partial charge in [0.1, 0.15) is 0 Å². The fraction of sp³-hybridized carbons (Fsp3) is 0.733. The Morgan fingerprint density at radius 2 is 2.15 bits per heavy atom. The zero-order chi connectivity index (χ0) is 14.9. The van der Waals surface area contributed by atoms with Crippen LogP contribution < -0.4 is 4.87 Å². The van der Waals surface area contributed by atoms with Gasteiger partial charge in [0, 0.05) is 23.5 Å². The maximum atomic E-state index is 12.1. The van der Waals surface area contributed by atoms with Gasteiger partial charge in [-0.3, -0.25) is 9.59 Å². The maximum Gasteiger partial charge on any atom is 0.307 e. The van der Waals surface area contributed by atoms with Crippen LogP contribution in [-0.4, -0.2) is 15.6 Å². The molecule has 1 heterocycles. The van der Waals surface area contributed by atoms with Crippen molar-refractivity contribution in [2.45, 2.75) is 59.4 Å². The van der Waals surface area contributed by atoms with E-state index in [1.54, 1.807) is 0 Å². The van der Waals surface area contributed by atoms with Crippen molar-refractivity contribution in [3.63, 3.8) is 0 Å². The number of hydrogen-bond donors (Lipinski definition) is 1. The molecule has 1 N–H and O–H groups in total. The van der Waals surface area contributed by atoms with Crippen molar-refractivity contribution in [1.82, 2.24) is 4.57 Å². The number of carbonyl (C=O) groups is 1. The van der Waals surface area contributed by atoms with Crippen LogP contribution in [0.15, 0.2) is 4.79 Å². The van der Waals surface area contributed by atoms with E-state index < -0.39 is 5.97 Å². The monoisotopic (exact) mass is 297 g/mol. The number of carboxylic acids is 1. The highest BCUT2D eigenvalue weighted by atomic mass is 32.1. The lowest BCUT2D eigenvalue weighted by Gasteiger charge is -2.33. The van der Waals surface area contributed by atoms with Crippen molar-refractivity contribution in [3.05, 3.63) is 20.2 Å². The molecular formula is C15H23NO3S. The summed E-state index contributed by atoms with van der Waals surface area (Å²) in [4.78, 5) is 23.9. The zero-order valence-corrected chi connectivity index (χ0v) is 13.3. The molecule has 0 fully saturated rings. The lowest BCUT2D eigenvalue weighted by molar-refractivity contribution is -0.137. The summed E-state index contributed by atoms with van der Waals surface area (Å²) in [6.45, 7) is 7.32. The van der Waals surface area contributed by atoms with Crippen molar-refractivity contribution >= 4 is 17.3 Å². The smallest absolute Gasteiger partial charge is 0.307 e. The molecule has 0 saturated carbocycles. The number of carboxylic acid groups (broad SMARTS) is 1. The lowest BCUT2D eigenvalue weighted by atomic mass is 9.73. The second-order valence-corrected chi connectivity index (χ2v) is 7.74. The van der Waals surface area contributed by atoms with E-state index in [0.717, 1.165) is 25.0 Å². The van der Waals surface area contributed by atoms with Gasteiger partial charge in [0.2, 0.25) is 0 Å². The van der Waals surface area contributed by atoms with E-state index in [9.17, 15) is 9.59 Å². The van der Waals surface area contributed by atoms with Crippen LogP contribution in [0.3, 0.4) is 0 Å². The minimum Gasteiger partial charge on any atom is -0.481 e. The molecule has 0 radical (unpaired) electrons. The Kier molecular flexibility index (Phi) is 4.37. The van der Waals surface area contributed by atoms with Crippen LogP contribution in [0, 0.1) is 11.3 Å².